The topological polar surface area (TPSA) is 0 Å². The lowest BCUT2D eigenvalue weighted by atomic mass is 10.4. The van der Waals surface area contributed by atoms with Gasteiger partial charge in [-0.2, -0.15) is 10.5 Å². The Bertz CT molecular complexity index is 95.3. The van der Waals surface area contributed by atoms with Crippen molar-refractivity contribution in [2.45, 2.75) is 51.0 Å². The summed E-state index contributed by atoms with van der Waals surface area (Å²) in [6, 6.07) is 0. The zero-order chi connectivity index (χ0) is 8.15. The lowest BCUT2D eigenvalue weighted by Crippen LogP contribution is -2.06. The maximum atomic E-state index is 4.21. The third-order valence-corrected chi connectivity index (χ3v) is 4.92. The van der Waals surface area contributed by atoms with Crippen LogP contribution in [0.15, 0.2) is 0 Å². The standard InChI is InChI=1S/C9H20S/c1-6-8(3)10(5)9(4)7-2/h8-9H,5-7H2,1-4H3. The number of hydrogen-bond donors (Lipinski definition) is 0. The molecule has 62 valence electrons. The molecule has 2 unspecified atom stereocenters. The van der Waals surface area contributed by atoms with Crippen LogP contribution >= 0.6 is 10.5 Å². The summed E-state index contributed by atoms with van der Waals surface area (Å²) < 4.78 is 0. The third kappa shape index (κ3) is 2.87. The molecular formula is C9H20S. The zero-order valence-electron chi connectivity index (χ0n) is 7.68. The van der Waals surface area contributed by atoms with Crippen molar-refractivity contribution in [2.24, 2.45) is 0 Å². The van der Waals surface area contributed by atoms with Gasteiger partial charge in [0.1, 0.15) is 0 Å². The Labute approximate surface area is 68.0 Å². The molecule has 0 radical (unpaired) electrons. The molecule has 0 bridgehead atoms. The SMILES string of the molecule is C=S(C(C)CC)C(C)CC. The Balaban J connectivity index is 3.82. The molecule has 0 fully saturated rings. The number of hydrogen-bond acceptors (Lipinski definition) is 0. The van der Waals surface area contributed by atoms with Gasteiger partial charge in [0.25, 0.3) is 0 Å². The largest absolute Gasteiger partial charge is 0.187 e. The van der Waals surface area contributed by atoms with Crippen molar-refractivity contribution in [3.63, 3.8) is 0 Å². The van der Waals surface area contributed by atoms with Crippen LogP contribution in [0.1, 0.15) is 40.5 Å². The minimum atomic E-state index is 0.390. The molecule has 0 aromatic rings. The van der Waals surface area contributed by atoms with E-state index in [1.165, 1.54) is 12.8 Å². The van der Waals surface area contributed by atoms with Crippen molar-refractivity contribution >= 4 is 16.4 Å². The highest BCUT2D eigenvalue weighted by Crippen LogP contribution is 2.28. The second-order valence-electron chi connectivity index (χ2n) is 2.91. The average molecular weight is 160 g/mol. The van der Waals surface area contributed by atoms with Gasteiger partial charge in [-0.25, -0.2) is 0 Å². The van der Waals surface area contributed by atoms with Crippen LogP contribution in [0.2, 0.25) is 0 Å². The van der Waals surface area contributed by atoms with Gasteiger partial charge in [-0.15, -0.1) is 0 Å². The van der Waals surface area contributed by atoms with Crippen molar-refractivity contribution in [1.82, 2.24) is 0 Å². The highest BCUT2D eigenvalue weighted by molar-refractivity contribution is 8.15. The van der Waals surface area contributed by atoms with Crippen molar-refractivity contribution in [3.8, 4) is 0 Å². The minimum Gasteiger partial charge on any atom is -0.187 e. The molecule has 0 N–H and O–H groups in total. The second-order valence-corrected chi connectivity index (χ2v) is 5.46. The fourth-order valence-electron chi connectivity index (χ4n) is 0.825. The van der Waals surface area contributed by atoms with E-state index in [4.69, 9.17) is 0 Å². The molecule has 0 aliphatic heterocycles. The Morgan fingerprint density at radius 1 is 1.10 bits per heavy atom. The van der Waals surface area contributed by atoms with E-state index >= 15 is 0 Å². The molecule has 1 heteroatoms. The third-order valence-electron chi connectivity index (χ3n) is 2.18. The first-order chi connectivity index (χ1) is 4.63. The van der Waals surface area contributed by atoms with Crippen LogP contribution in [0, 0.1) is 0 Å². The Kier molecular flexibility index (Phi) is 5.06. The van der Waals surface area contributed by atoms with Crippen molar-refractivity contribution in [1.29, 1.82) is 0 Å². The van der Waals surface area contributed by atoms with Gasteiger partial charge in [-0.1, -0.05) is 33.6 Å². The van der Waals surface area contributed by atoms with Gasteiger partial charge < -0.3 is 0 Å². The predicted octanol–water partition coefficient (Wildman–Crippen LogP) is 3.28. The van der Waals surface area contributed by atoms with Crippen LogP contribution in [0.3, 0.4) is 0 Å². The summed E-state index contributed by atoms with van der Waals surface area (Å²) in [5, 5.41) is 1.63. The fourth-order valence-corrected chi connectivity index (χ4v) is 2.47. The van der Waals surface area contributed by atoms with Gasteiger partial charge in [0, 0.05) is 0 Å². The molecule has 0 nitrogen and oxygen atoms in total. The van der Waals surface area contributed by atoms with E-state index in [-0.39, 0.29) is 0 Å². The van der Waals surface area contributed by atoms with E-state index in [9.17, 15) is 0 Å². The van der Waals surface area contributed by atoms with Gasteiger partial charge in [0.05, 0.1) is 0 Å². The molecule has 0 spiro atoms. The Morgan fingerprint density at radius 3 is 1.60 bits per heavy atom. The Morgan fingerprint density at radius 2 is 1.40 bits per heavy atom. The smallest absolute Gasteiger partial charge is 0.00364 e. The molecule has 0 aromatic carbocycles. The first-order valence-electron chi connectivity index (χ1n) is 4.15. The molecule has 10 heavy (non-hydrogen) atoms. The molecule has 0 amide bonds. The molecule has 0 aromatic heterocycles. The maximum absolute atomic E-state index is 4.21. The second kappa shape index (κ2) is 4.95. The quantitative estimate of drug-likeness (QED) is 0.554. The molecule has 0 rings (SSSR count). The summed E-state index contributed by atoms with van der Waals surface area (Å²) in [5.74, 6) is 4.21. The van der Waals surface area contributed by atoms with Crippen molar-refractivity contribution in [2.75, 3.05) is 0 Å². The van der Waals surface area contributed by atoms with E-state index < -0.39 is 0 Å². The lowest BCUT2D eigenvalue weighted by molar-refractivity contribution is 0.858. The van der Waals surface area contributed by atoms with Crippen molar-refractivity contribution < 1.29 is 0 Å². The molecule has 0 aliphatic rings. The van der Waals surface area contributed by atoms with Crippen LogP contribution in [0.5, 0.6) is 0 Å². The van der Waals surface area contributed by atoms with Gasteiger partial charge >= 0.3 is 0 Å². The molecule has 0 heterocycles. The average Bonchev–Trinajstić information content (AvgIpc) is 2.00. The van der Waals surface area contributed by atoms with Crippen LogP contribution in [-0.4, -0.2) is 16.4 Å². The minimum absolute atomic E-state index is 0.390. The normalized spacial score (nSPS) is 20.0. The van der Waals surface area contributed by atoms with Crippen LogP contribution in [0.25, 0.3) is 0 Å². The predicted molar refractivity (Wildman–Crippen MR) is 54.2 cm³/mol. The fraction of sp³-hybridized carbons (Fsp3) is 0.889. The summed E-state index contributed by atoms with van der Waals surface area (Å²) in [6.45, 7) is 9.11. The summed E-state index contributed by atoms with van der Waals surface area (Å²) in [5.41, 5.74) is 0. The highest BCUT2D eigenvalue weighted by atomic mass is 32.2. The zero-order valence-corrected chi connectivity index (χ0v) is 8.50. The number of rotatable bonds is 4. The van der Waals surface area contributed by atoms with Crippen molar-refractivity contribution in [3.05, 3.63) is 0 Å². The van der Waals surface area contributed by atoms with E-state index in [0.717, 1.165) is 10.5 Å². The molecule has 0 saturated heterocycles. The first kappa shape index (κ1) is 10.2. The Hall–Kier alpha value is 0.220. The summed E-state index contributed by atoms with van der Waals surface area (Å²) in [7, 11) is 0.390. The molecule has 2 atom stereocenters. The van der Waals surface area contributed by atoms with Crippen LogP contribution in [-0.2, 0) is 0 Å². The van der Waals surface area contributed by atoms with Crippen LogP contribution in [0.4, 0.5) is 0 Å². The van der Waals surface area contributed by atoms with E-state index in [1.807, 2.05) is 0 Å². The maximum Gasteiger partial charge on any atom is -0.00364 e. The lowest BCUT2D eigenvalue weighted by Gasteiger charge is -2.19. The first-order valence-corrected chi connectivity index (χ1v) is 5.67. The van der Waals surface area contributed by atoms with Gasteiger partial charge in [-0.3, -0.25) is 0 Å². The van der Waals surface area contributed by atoms with E-state index in [1.54, 1.807) is 0 Å². The van der Waals surface area contributed by atoms with Gasteiger partial charge in [0.15, 0.2) is 0 Å². The summed E-state index contributed by atoms with van der Waals surface area (Å²) in [6.07, 6.45) is 2.55. The van der Waals surface area contributed by atoms with Gasteiger partial charge in [0.2, 0.25) is 0 Å². The molecule has 0 aliphatic carbocycles. The molecular weight excluding hydrogens is 140 g/mol. The van der Waals surface area contributed by atoms with E-state index in [2.05, 4.69) is 33.6 Å². The summed E-state index contributed by atoms with van der Waals surface area (Å²) in [4.78, 5) is 0. The van der Waals surface area contributed by atoms with E-state index in [0.29, 0.717) is 10.5 Å². The summed E-state index contributed by atoms with van der Waals surface area (Å²) >= 11 is 0. The van der Waals surface area contributed by atoms with Gasteiger partial charge in [-0.05, 0) is 23.3 Å². The molecule has 0 saturated carbocycles. The highest BCUT2D eigenvalue weighted by Gasteiger charge is 2.07. The van der Waals surface area contributed by atoms with Crippen LogP contribution < -0.4 is 0 Å². The monoisotopic (exact) mass is 160 g/mol.